The van der Waals surface area contributed by atoms with Crippen LogP contribution in [0, 0.1) is 0 Å². The number of rotatable bonds is 5. The molecule has 0 saturated heterocycles. The van der Waals surface area contributed by atoms with Crippen LogP contribution in [0.1, 0.15) is 10.4 Å². The lowest BCUT2D eigenvalue weighted by Crippen LogP contribution is -2.24. The molecule has 108 valence electrons. The van der Waals surface area contributed by atoms with Crippen molar-refractivity contribution in [2.45, 2.75) is 0 Å². The molecule has 0 bridgehead atoms. The number of allylic oxidation sites excluding steroid dienone is 1. The quantitative estimate of drug-likeness (QED) is 0.362. The Kier molecular flexibility index (Phi) is 6.01. The smallest absolute Gasteiger partial charge is 0.356 e. The fraction of sp³-hybridized carbons (Fsp3) is 0.231. The molecule has 7 heteroatoms. The minimum Gasteiger partial charge on any atom is -0.464 e. The number of nitrogens with zero attached hydrogens (tertiary/aromatic N) is 1. The molecule has 0 amide bonds. The van der Waals surface area contributed by atoms with E-state index in [1.54, 1.807) is 0 Å². The molecule has 20 heavy (non-hydrogen) atoms. The topological polar surface area (TPSA) is 55.8 Å². The van der Waals surface area contributed by atoms with Crippen LogP contribution < -0.4 is 0 Å². The summed E-state index contributed by atoms with van der Waals surface area (Å²) in [5, 5.41) is 1.72. The van der Waals surface area contributed by atoms with Crippen LogP contribution in [0.2, 0.25) is 10.0 Å². The summed E-state index contributed by atoms with van der Waals surface area (Å²) in [6.07, 6.45) is 1.11. The lowest BCUT2D eigenvalue weighted by molar-refractivity contribution is -0.147. The zero-order valence-electron chi connectivity index (χ0n) is 11.1. The van der Waals surface area contributed by atoms with E-state index in [2.05, 4.69) is 4.74 Å². The Morgan fingerprint density at radius 3 is 2.35 bits per heavy atom. The van der Waals surface area contributed by atoms with Crippen molar-refractivity contribution in [2.24, 2.45) is 0 Å². The van der Waals surface area contributed by atoms with E-state index in [4.69, 9.17) is 28.0 Å². The van der Waals surface area contributed by atoms with E-state index < -0.39 is 11.8 Å². The molecule has 0 N–H and O–H groups in total. The van der Waals surface area contributed by atoms with Crippen LogP contribution in [0.15, 0.2) is 30.0 Å². The molecule has 0 aliphatic heterocycles. The van der Waals surface area contributed by atoms with Gasteiger partial charge in [-0.3, -0.25) is 14.7 Å². The average Bonchev–Trinajstić information content (AvgIpc) is 2.45. The number of hydrogen-bond donors (Lipinski definition) is 0. The summed E-state index contributed by atoms with van der Waals surface area (Å²) in [5.41, 5.74) is 0.261. The summed E-state index contributed by atoms with van der Waals surface area (Å²) in [6, 6.07) is 4.43. The minimum atomic E-state index is -0.692. The van der Waals surface area contributed by atoms with E-state index in [-0.39, 0.29) is 10.7 Å². The van der Waals surface area contributed by atoms with Crippen LogP contribution in [0.3, 0.4) is 0 Å². The molecule has 0 aromatic heterocycles. The van der Waals surface area contributed by atoms with E-state index in [1.165, 1.54) is 39.5 Å². The van der Waals surface area contributed by atoms with E-state index in [1.807, 2.05) is 0 Å². The Labute approximate surface area is 126 Å². The van der Waals surface area contributed by atoms with E-state index in [0.29, 0.717) is 10.6 Å². The van der Waals surface area contributed by atoms with Gasteiger partial charge in [0.05, 0.1) is 24.3 Å². The normalized spacial score (nSPS) is 11.2. The minimum absolute atomic E-state index is 0.0360. The molecule has 1 aromatic carbocycles. The van der Waals surface area contributed by atoms with Crippen molar-refractivity contribution < 1.29 is 19.2 Å². The summed E-state index contributed by atoms with van der Waals surface area (Å²) in [6.45, 7) is 0. The number of hydrogen-bond acceptors (Lipinski definition) is 5. The Morgan fingerprint density at radius 1 is 1.20 bits per heavy atom. The first-order valence-corrected chi connectivity index (χ1v) is 6.23. The van der Waals surface area contributed by atoms with Gasteiger partial charge in [0.15, 0.2) is 11.5 Å². The predicted octanol–water partition coefficient (Wildman–Crippen LogP) is 2.73. The second kappa shape index (κ2) is 7.28. The standard InChI is InChI=1S/C13H13Cl2NO4/c1-16(20-3)11(13(18)19-2)7-12(17)8-4-5-9(14)10(15)6-8/h4-7H,1-3H3/b11-7+. The molecule has 1 aromatic rings. The molecule has 0 radical (unpaired) electrons. The van der Waals surface area contributed by atoms with Gasteiger partial charge in [0, 0.05) is 18.7 Å². The number of likely N-dealkylation sites (N-methyl/N-ethyl adjacent to an activating group) is 1. The summed E-state index contributed by atoms with van der Waals surface area (Å²) in [4.78, 5) is 28.6. The Bertz CT molecular complexity index is 557. The first kappa shape index (κ1) is 16.5. The fourth-order valence-corrected chi connectivity index (χ4v) is 1.64. The largest absolute Gasteiger partial charge is 0.464 e. The highest BCUT2D eigenvalue weighted by Gasteiger charge is 2.17. The average molecular weight is 318 g/mol. The van der Waals surface area contributed by atoms with Crippen LogP contribution >= 0.6 is 23.2 Å². The van der Waals surface area contributed by atoms with Gasteiger partial charge in [-0.1, -0.05) is 23.2 Å². The molecule has 0 fully saturated rings. The second-order valence-corrected chi connectivity index (χ2v) is 4.51. The molecule has 0 spiro atoms. The molecule has 1 rings (SSSR count). The number of methoxy groups -OCH3 is 1. The van der Waals surface area contributed by atoms with Crippen molar-refractivity contribution in [3.63, 3.8) is 0 Å². The highest BCUT2D eigenvalue weighted by atomic mass is 35.5. The molecular weight excluding hydrogens is 305 g/mol. The van der Waals surface area contributed by atoms with Crippen molar-refractivity contribution in [3.05, 3.63) is 45.6 Å². The second-order valence-electron chi connectivity index (χ2n) is 3.69. The van der Waals surface area contributed by atoms with Crippen molar-refractivity contribution >= 4 is 35.0 Å². The number of ketones is 1. The van der Waals surface area contributed by atoms with Crippen molar-refractivity contribution in [1.82, 2.24) is 5.06 Å². The highest BCUT2D eigenvalue weighted by molar-refractivity contribution is 6.42. The third kappa shape index (κ3) is 3.96. The molecule has 0 atom stereocenters. The van der Waals surface area contributed by atoms with Gasteiger partial charge in [-0.25, -0.2) is 4.79 Å². The summed E-state index contributed by atoms with van der Waals surface area (Å²) < 4.78 is 4.59. The molecule has 0 unspecified atom stereocenters. The molecule has 0 aliphatic carbocycles. The number of carbonyl (C=O) groups is 2. The molecule has 0 heterocycles. The van der Waals surface area contributed by atoms with Crippen molar-refractivity contribution in [2.75, 3.05) is 21.3 Å². The van der Waals surface area contributed by atoms with Crippen LogP contribution in [-0.4, -0.2) is 38.1 Å². The first-order valence-electron chi connectivity index (χ1n) is 5.48. The number of halogens is 2. The van der Waals surface area contributed by atoms with Gasteiger partial charge in [0.2, 0.25) is 0 Å². The molecule has 0 aliphatic rings. The van der Waals surface area contributed by atoms with E-state index >= 15 is 0 Å². The summed E-state index contributed by atoms with van der Waals surface area (Å²) in [7, 11) is 4.05. The Morgan fingerprint density at radius 2 is 1.85 bits per heavy atom. The van der Waals surface area contributed by atoms with Gasteiger partial charge in [-0.15, -0.1) is 0 Å². The molecule has 5 nitrogen and oxygen atoms in total. The lowest BCUT2D eigenvalue weighted by atomic mass is 10.1. The number of hydroxylamine groups is 2. The molecular formula is C13H13Cl2NO4. The zero-order valence-corrected chi connectivity index (χ0v) is 12.7. The van der Waals surface area contributed by atoms with E-state index in [0.717, 1.165) is 11.1 Å². The van der Waals surface area contributed by atoms with Crippen molar-refractivity contribution in [3.8, 4) is 0 Å². The summed E-state index contributed by atoms with van der Waals surface area (Å²) in [5.74, 6) is -1.12. The number of ether oxygens (including phenoxy) is 1. The monoisotopic (exact) mass is 317 g/mol. The van der Waals surface area contributed by atoms with Gasteiger partial charge in [-0.2, -0.15) is 0 Å². The zero-order chi connectivity index (χ0) is 15.3. The van der Waals surface area contributed by atoms with Crippen LogP contribution in [-0.2, 0) is 14.4 Å². The number of carbonyl (C=O) groups excluding carboxylic acids is 2. The van der Waals surface area contributed by atoms with Crippen molar-refractivity contribution in [1.29, 1.82) is 0 Å². The maximum absolute atomic E-state index is 12.1. The maximum atomic E-state index is 12.1. The Hall–Kier alpha value is -1.56. The number of esters is 1. The third-order valence-corrected chi connectivity index (χ3v) is 3.22. The van der Waals surface area contributed by atoms with Gasteiger partial charge >= 0.3 is 5.97 Å². The lowest BCUT2D eigenvalue weighted by Gasteiger charge is -2.17. The van der Waals surface area contributed by atoms with Crippen LogP contribution in [0.4, 0.5) is 0 Å². The van der Waals surface area contributed by atoms with Crippen LogP contribution in [0.25, 0.3) is 0 Å². The SMILES string of the molecule is COC(=O)/C(=C\C(=O)c1ccc(Cl)c(Cl)c1)N(C)OC. The van der Waals surface area contributed by atoms with E-state index in [9.17, 15) is 9.59 Å². The number of benzene rings is 1. The van der Waals surface area contributed by atoms with Crippen LogP contribution in [0.5, 0.6) is 0 Å². The molecule has 0 saturated carbocycles. The van der Waals surface area contributed by atoms with Gasteiger partial charge < -0.3 is 4.74 Å². The summed E-state index contributed by atoms with van der Waals surface area (Å²) >= 11 is 11.6. The van der Waals surface area contributed by atoms with Gasteiger partial charge in [0.1, 0.15) is 0 Å². The Balaban J connectivity index is 3.12. The third-order valence-electron chi connectivity index (χ3n) is 2.48. The maximum Gasteiger partial charge on any atom is 0.356 e. The highest BCUT2D eigenvalue weighted by Crippen LogP contribution is 2.23. The predicted molar refractivity (Wildman–Crippen MR) is 75.7 cm³/mol. The van der Waals surface area contributed by atoms with Gasteiger partial charge in [-0.05, 0) is 18.2 Å². The fourth-order valence-electron chi connectivity index (χ4n) is 1.34. The first-order chi connectivity index (χ1) is 9.40. The van der Waals surface area contributed by atoms with Gasteiger partial charge in [0.25, 0.3) is 0 Å².